The van der Waals surface area contributed by atoms with Gasteiger partial charge in [-0.25, -0.2) is 0 Å². The number of hydrogen-bond acceptors (Lipinski definition) is 4. The number of carbonyl (C=O) groups is 2. The molecule has 2 heterocycles. The van der Waals surface area contributed by atoms with Crippen LogP contribution in [0.25, 0.3) is 0 Å². The van der Waals surface area contributed by atoms with Crippen LogP contribution >= 0.6 is 11.3 Å². The molecule has 0 aromatic carbocycles. The van der Waals surface area contributed by atoms with Crippen molar-refractivity contribution in [2.75, 3.05) is 13.1 Å². The number of rotatable bonds is 3. The van der Waals surface area contributed by atoms with Crippen LogP contribution in [0.5, 0.6) is 0 Å². The Labute approximate surface area is 109 Å². The average Bonchev–Trinajstić information content (AvgIpc) is 2.90. The molecule has 0 unspecified atom stereocenters. The van der Waals surface area contributed by atoms with Crippen LogP contribution in [0, 0.1) is 0 Å². The molecule has 1 aromatic rings. The Morgan fingerprint density at radius 2 is 2.28 bits per heavy atom. The molecule has 0 saturated carbocycles. The molecule has 0 atom stereocenters. The summed E-state index contributed by atoms with van der Waals surface area (Å²) in [4.78, 5) is 25.2. The topological polar surface area (TPSA) is 61.4 Å². The van der Waals surface area contributed by atoms with E-state index in [9.17, 15) is 9.59 Å². The lowest BCUT2D eigenvalue weighted by Gasteiger charge is -2.25. The first-order valence-corrected chi connectivity index (χ1v) is 6.59. The van der Waals surface area contributed by atoms with Crippen molar-refractivity contribution in [3.63, 3.8) is 0 Å². The molecule has 6 heteroatoms. The largest absolute Gasteiger partial charge is 0.339 e. The molecule has 18 heavy (non-hydrogen) atoms. The van der Waals surface area contributed by atoms with E-state index in [-0.39, 0.29) is 11.8 Å². The van der Waals surface area contributed by atoms with Crippen LogP contribution in [0.2, 0.25) is 0 Å². The molecule has 1 aromatic heterocycles. The first-order valence-electron chi connectivity index (χ1n) is 5.71. The molecule has 0 bridgehead atoms. The van der Waals surface area contributed by atoms with E-state index in [1.54, 1.807) is 17.9 Å². The van der Waals surface area contributed by atoms with E-state index < -0.39 is 0 Å². The van der Waals surface area contributed by atoms with Gasteiger partial charge in [-0.15, -0.1) is 11.3 Å². The predicted octanol–water partition coefficient (Wildman–Crippen LogP) is 1.12. The summed E-state index contributed by atoms with van der Waals surface area (Å²) in [6.07, 6.45) is 2.64. The number of hydrazine groups is 1. The van der Waals surface area contributed by atoms with Crippen LogP contribution < -0.4 is 10.9 Å². The van der Waals surface area contributed by atoms with Gasteiger partial charge in [-0.3, -0.25) is 15.0 Å². The minimum absolute atomic E-state index is 0.0768. The molecule has 1 aliphatic heterocycles. The third-order valence-corrected chi connectivity index (χ3v) is 3.60. The van der Waals surface area contributed by atoms with Crippen molar-refractivity contribution < 1.29 is 9.59 Å². The lowest BCUT2D eigenvalue weighted by Crippen LogP contribution is -2.41. The maximum Gasteiger partial charge on any atom is 0.279 e. The van der Waals surface area contributed by atoms with Crippen molar-refractivity contribution in [3.05, 3.63) is 34.2 Å². The lowest BCUT2D eigenvalue weighted by molar-refractivity contribution is -0.128. The summed E-state index contributed by atoms with van der Waals surface area (Å²) < 4.78 is 0. The van der Waals surface area contributed by atoms with Crippen molar-refractivity contribution in [1.82, 2.24) is 15.8 Å². The minimum atomic E-state index is -0.139. The number of carbonyl (C=O) groups excluding carboxylic acids is 2. The van der Waals surface area contributed by atoms with Gasteiger partial charge in [0.1, 0.15) is 0 Å². The molecular formula is C12H15N3O2S. The smallest absolute Gasteiger partial charge is 0.279 e. The van der Waals surface area contributed by atoms with Crippen LogP contribution in [-0.2, 0) is 4.79 Å². The Balaban J connectivity index is 1.81. The highest BCUT2D eigenvalue weighted by atomic mass is 32.1. The molecule has 5 nitrogen and oxygen atoms in total. The van der Waals surface area contributed by atoms with E-state index in [2.05, 4.69) is 10.9 Å². The second kappa shape index (κ2) is 5.68. The Bertz CT molecular complexity index is 468. The quantitative estimate of drug-likeness (QED) is 0.805. The Hall–Kier alpha value is -1.82. The third-order valence-electron chi connectivity index (χ3n) is 2.74. The van der Waals surface area contributed by atoms with Gasteiger partial charge in [-0.1, -0.05) is 6.07 Å². The zero-order valence-electron chi connectivity index (χ0n) is 10.1. The minimum Gasteiger partial charge on any atom is -0.339 e. The number of nitrogens with one attached hydrogen (secondary N) is 2. The van der Waals surface area contributed by atoms with E-state index >= 15 is 0 Å². The zero-order chi connectivity index (χ0) is 13.0. The van der Waals surface area contributed by atoms with E-state index in [1.165, 1.54) is 11.3 Å². The molecule has 0 fully saturated rings. The van der Waals surface area contributed by atoms with Gasteiger partial charge in [0.25, 0.3) is 5.91 Å². The maximum absolute atomic E-state index is 11.7. The number of amides is 2. The fraction of sp³-hybridized carbons (Fsp3) is 0.333. The van der Waals surface area contributed by atoms with Crippen LogP contribution in [-0.4, -0.2) is 29.8 Å². The van der Waals surface area contributed by atoms with E-state index in [0.29, 0.717) is 18.0 Å². The SMILES string of the molecule is CC(=O)N1CC=C(NNC(=O)c2cccs2)CC1. The van der Waals surface area contributed by atoms with Gasteiger partial charge in [0, 0.05) is 32.1 Å². The highest BCUT2D eigenvalue weighted by molar-refractivity contribution is 7.12. The summed E-state index contributed by atoms with van der Waals surface area (Å²) in [5, 5.41) is 1.86. The maximum atomic E-state index is 11.7. The second-order valence-corrected chi connectivity index (χ2v) is 4.95. The average molecular weight is 265 g/mol. The lowest BCUT2D eigenvalue weighted by atomic mass is 10.2. The molecular weight excluding hydrogens is 250 g/mol. The summed E-state index contributed by atoms with van der Waals surface area (Å²) in [7, 11) is 0. The fourth-order valence-corrected chi connectivity index (χ4v) is 2.29. The van der Waals surface area contributed by atoms with Crippen molar-refractivity contribution in [2.24, 2.45) is 0 Å². The normalized spacial score (nSPS) is 14.9. The first-order chi connectivity index (χ1) is 8.66. The Morgan fingerprint density at radius 3 is 2.83 bits per heavy atom. The van der Waals surface area contributed by atoms with Crippen LogP contribution in [0.15, 0.2) is 29.3 Å². The molecule has 0 saturated heterocycles. The molecule has 0 aliphatic carbocycles. The monoisotopic (exact) mass is 265 g/mol. The molecule has 0 spiro atoms. The molecule has 2 amide bonds. The summed E-state index contributed by atoms with van der Waals surface area (Å²) in [5.74, 6) is -0.0622. The molecule has 2 rings (SSSR count). The second-order valence-electron chi connectivity index (χ2n) is 4.00. The Kier molecular flexibility index (Phi) is 3.99. The first kappa shape index (κ1) is 12.6. The molecule has 1 aliphatic rings. The summed E-state index contributed by atoms with van der Waals surface area (Å²) >= 11 is 1.40. The summed E-state index contributed by atoms with van der Waals surface area (Å²) in [6.45, 7) is 2.83. The number of nitrogens with zero attached hydrogens (tertiary/aromatic N) is 1. The van der Waals surface area contributed by atoms with E-state index in [4.69, 9.17) is 0 Å². The van der Waals surface area contributed by atoms with Crippen LogP contribution in [0.4, 0.5) is 0 Å². The fourth-order valence-electron chi connectivity index (χ4n) is 1.68. The number of hydrogen-bond donors (Lipinski definition) is 2. The van der Waals surface area contributed by atoms with Crippen molar-refractivity contribution in [1.29, 1.82) is 0 Å². The van der Waals surface area contributed by atoms with Gasteiger partial charge in [0.2, 0.25) is 5.91 Å². The summed E-state index contributed by atoms with van der Waals surface area (Å²) in [5.41, 5.74) is 6.49. The highest BCUT2D eigenvalue weighted by Gasteiger charge is 2.14. The van der Waals surface area contributed by atoms with Gasteiger partial charge in [-0.2, -0.15) is 0 Å². The van der Waals surface area contributed by atoms with Crippen LogP contribution in [0.1, 0.15) is 23.0 Å². The molecule has 0 radical (unpaired) electrons. The molecule has 2 N–H and O–H groups in total. The standard InChI is InChI=1S/C12H15N3O2S/c1-9(16)15-6-4-10(5-7-15)13-14-12(17)11-3-2-8-18-11/h2-4,8,13H,5-7H2,1H3,(H,14,17). The highest BCUT2D eigenvalue weighted by Crippen LogP contribution is 2.09. The number of thiophene rings is 1. The third kappa shape index (κ3) is 3.10. The van der Waals surface area contributed by atoms with E-state index in [1.807, 2.05) is 17.5 Å². The van der Waals surface area contributed by atoms with Crippen molar-refractivity contribution in [3.8, 4) is 0 Å². The summed E-state index contributed by atoms with van der Waals surface area (Å²) in [6, 6.07) is 3.61. The predicted molar refractivity (Wildman–Crippen MR) is 69.9 cm³/mol. The van der Waals surface area contributed by atoms with Gasteiger partial charge in [0.05, 0.1) is 4.88 Å². The van der Waals surface area contributed by atoms with Gasteiger partial charge >= 0.3 is 0 Å². The van der Waals surface area contributed by atoms with Crippen molar-refractivity contribution >= 4 is 23.2 Å². The van der Waals surface area contributed by atoms with Gasteiger partial charge < -0.3 is 10.3 Å². The zero-order valence-corrected chi connectivity index (χ0v) is 10.9. The molecule has 96 valence electrons. The van der Waals surface area contributed by atoms with Crippen molar-refractivity contribution in [2.45, 2.75) is 13.3 Å². The van der Waals surface area contributed by atoms with Gasteiger partial charge in [-0.05, 0) is 17.5 Å². The van der Waals surface area contributed by atoms with E-state index in [0.717, 1.165) is 12.1 Å². The Morgan fingerprint density at radius 1 is 1.44 bits per heavy atom. The van der Waals surface area contributed by atoms with Crippen LogP contribution in [0.3, 0.4) is 0 Å². The van der Waals surface area contributed by atoms with Gasteiger partial charge in [0.15, 0.2) is 0 Å².